The third-order valence-corrected chi connectivity index (χ3v) is 4.76. The van der Waals surface area contributed by atoms with Crippen LogP contribution in [0.3, 0.4) is 0 Å². The molecule has 3 heteroatoms. The van der Waals surface area contributed by atoms with Gasteiger partial charge in [0.25, 0.3) is 0 Å². The number of rotatable bonds is 2. The van der Waals surface area contributed by atoms with Crippen LogP contribution in [0.5, 0.6) is 0 Å². The Bertz CT molecular complexity index is 323. The van der Waals surface area contributed by atoms with Gasteiger partial charge in [-0.25, -0.2) is 4.98 Å². The molecule has 1 nitrogen and oxygen atoms in total. The van der Waals surface area contributed by atoms with Crippen LogP contribution in [-0.2, 0) is 6.42 Å². The first-order valence-electron chi connectivity index (χ1n) is 5.70. The molecule has 1 saturated carbocycles. The first-order valence-corrected chi connectivity index (χ1v) is 6.96. The van der Waals surface area contributed by atoms with Gasteiger partial charge in [-0.3, -0.25) is 0 Å². The summed E-state index contributed by atoms with van der Waals surface area (Å²) in [7, 11) is 0. The normalized spacial score (nSPS) is 31.8. The summed E-state index contributed by atoms with van der Waals surface area (Å²) in [6.45, 7) is 4.43. The van der Waals surface area contributed by atoms with Gasteiger partial charge in [-0.2, -0.15) is 0 Å². The summed E-state index contributed by atoms with van der Waals surface area (Å²) in [6, 6.07) is 0. The molecule has 0 radical (unpaired) electrons. The van der Waals surface area contributed by atoms with E-state index in [1.807, 2.05) is 17.5 Å². The Balaban J connectivity index is 1.98. The van der Waals surface area contributed by atoms with Crippen LogP contribution >= 0.6 is 22.9 Å². The van der Waals surface area contributed by atoms with Gasteiger partial charge in [0.15, 0.2) is 0 Å². The summed E-state index contributed by atoms with van der Waals surface area (Å²) < 4.78 is 0. The standard InChI is InChI=1S/C12H18ClNS/c1-8-3-4-11(13)5-10(8)6-12-7-14-9(2)15-12/h7-8,10-11H,3-6H2,1-2H3. The van der Waals surface area contributed by atoms with Gasteiger partial charge in [0.05, 0.1) is 5.01 Å². The Hall–Kier alpha value is -0.0800. The lowest BCUT2D eigenvalue weighted by atomic mass is 9.78. The smallest absolute Gasteiger partial charge is 0.0896 e. The van der Waals surface area contributed by atoms with E-state index in [-0.39, 0.29) is 0 Å². The summed E-state index contributed by atoms with van der Waals surface area (Å²) in [4.78, 5) is 5.74. The number of aryl methyl sites for hydroxylation is 1. The lowest BCUT2D eigenvalue weighted by molar-refractivity contribution is 0.259. The minimum Gasteiger partial charge on any atom is -0.250 e. The third-order valence-electron chi connectivity index (χ3n) is 3.43. The van der Waals surface area contributed by atoms with Gasteiger partial charge in [0, 0.05) is 16.5 Å². The first kappa shape index (κ1) is 11.4. The summed E-state index contributed by atoms with van der Waals surface area (Å²) >= 11 is 8.07. The molecule has 0 saturated heterocycles. The fourth-order valence-corrected chi connectivity index (χ4v) is 3.64. The van der Waals surface area contributed by atoms with Crippen LogP contribution < -0.4 is 0 Å². The number of halogens is 1. The van der Waals surface area contributed by atoms with E-state index in [0.717, 1.165) is 11.8 Å². The largest absolute Gasteiger partial charge is 0.250 e. The molecule has 15 heavy (non-hydrogen) atoms. The molecule has 1 aromatic rings. The van der Waals surface area contributed by atoms with Crippen molar-refractivity contribution >= 4 is 22.9 Å². The molecule has 0 aromatic carbocycles. The van der Waals surface area contributed by atoms with Gasteiger partial charge in [-0.05, 0) is 44.4 Å². The van der Waals surface area contributed by atoms with Crippen molar-refractivity contribution in [1.82, 2.24) is 4.98 Å². The quantitative estimate of drug-likeness (QED) is 0.715. The molecule has 2 rings (SSSR count). The van der Waals surface area contributed by atoms with Crippen LogP contribution in [-0.4, -0.2) is 10.4 Å². The zero-order valence-electron chi connectivity index (χ0n) is 9.37. The maximum atomic E-state index is 6.24. The third kappa shape index (κ3) is 2.94. The number of hydrogen-bond donors (Lipinski definition) is 0. The predicted octanol–water partition coefficient (Wildman–Crippen LogP) is 4.04. The summed E-state index contributed by atoms with van der Waals surface area (Å²) in [5.74, 6) is 1.59. The maximum Gasteiger partial charge on any atom is 0.0896 e. The van der Waals surface area contributed by atoms with Gasteiger partial charge in [0.2, 0.25) is 0 Å². The molecule has 0 N–H and O–H groups in total. The van der Waals surface area contributed by atoms with Gasteiger partial charge >= 0.3 is 0 Å². The monoisotopic (exact) mass is 243 g/mol. The van der Waals surface area contributed by atoms with Crippen molar-refractivity contribution in [3.63, 3.8) is 0 Å². The fraction of sp³-hybridized carbons (Fsp3) is 0.750. The fourth-order valence-electron chi connectivity index (χ4n) is 2.40. The van der Waals surface area contributed by atoms with Crippen LogP contribution in [0.15, 0.2) is 6.20 Å². The van der Waals surface area contributed by atoms with E-state index in [4.69, 9.17) is 11.6 Å². The van der Waals surface area contributed by atoms with Gasteiger partial charge < -0.3 is 0 Å². The van der Waals surface area contributed by atoms with E-state index in [1.165, 1.54) is 35.6 Å². The molecule has 1 aromatic heterocycles. The minimum atomic E-state index is 0.403. The highest BCUT2D eigenvalue weighted by atomic mass is 35.5. The molecule has 84 valence electrons. The van der Waals surface area contributed by atoms with Gasteiger partial charge in [-0.1, -0.05) is 6.92 Å². The van der Waals surface area contributed by atoms with Crippen molar-refractivity contribution in [2.75, 3.05) is 0 Å². The Morgan fingerprint density at radius 2 is 2.33 bits per heavy atom. The topological polar surface area (TPSA) is 12.9 Å². The Morgan fingerprint density at radius 3 is 3.00 bits per heavy atom. The van der Waals surface area contributed by atoms with Gasteiger partial charge in [0.1, 0.15) is 0 Å². The second kappa shape index (κ2) is 4.84. The maximum absolute atomic E-state index is 6.24. The average Bonchev–Trinajstić information content (AvgIpc) is 2.58. The summed E-state index contributed by atoms with van der Waals surface area (Å²) in [5, 5.41) is 1.58. The average molecular weight is 244 g/mol. The molecule has 1 aliphatic rings. The van der Waals surface area contributed by atoms with Crippen LogP contribution in [0.25, 0.3) is 0 Å². The van der Waals surface area contributed by atoms with E-state index in [2.05, 4.69) is 18.8 Å². The number of thiazole rings is 1. The van der Waals surface area contributed by atoms with Crippen LogP contribution in [0.1, 0.15) is 36.1 Å². The predicted molar refractivity (Wildman–Crippen MR) is 66.7 cm³/mol. The van der Waals surface area contributed by atoms with Crippen LogP contribution in [0.4, 0.5) is 0 Å². The highest BCUT2D eigenvalue weighted by Crippen LogP contribution is 2.35. The molecular formula is C12H18ClNS. The molecular weight excluding hydrogens is 226 g/mol. The molecule has 0 bridgehead atoms. The molecule has 0 aliphatic heterocycles. The number of alkyl halides is 1. The lowest BCUT2D eigenvalue weighted by Crippen LogP contribution is -2.24. The van der Waals surface area contributed by atoms with Crippen molar-refractivity contribution in [2.24, 2.45) is 11.8 Å². The van der Waals surface area contributed by atoms with Crippen molar-refractivity contribution in [2.45, 2.75) is 44.9 Å². The van der Waals surface area contributed by atoms with Crippen molar-refractivity contribution in [3.05, 3.63) is 16.1 Å². The summed E-state index contributed by atoms with van der Waals surface area (Å²) in [6.07, 6.45) is 6.87. The highest BCUT2D eigenvalue weighted by molar-refractivity contribution is 7.11. The molecule has 3 atom stereocenters. The second-order valence-electron chi connectivity index (χ2n) is 4.70. The highest BCUT2D eigenvalue weighted by Gasteiger charge is 2.26. The minimum absolute atomic E-state index is 0.403. The second-order valence-corrected chi connectivity index (χ2v) is 6.63. The zero-order valence-corrected chi connectivity index (χ0v) is 10.9. The van der Waals surface area contributed by atoms with Crippen molar-refractivity contribution in [3.8, 4) is 0 Å². The van der Waals surface area contributed by atoms with E-state index >= 15 is 0 Å². The Morgan fingerprint density at radius 1 is 1.53 bits per heavy atom. The molecule has 1 fully saturated rings. The number of nitrogens with zero attached hydrogens (tertiary/aromatic N) is 1. The van der Waals surface area contributed by atoms with Crippen LogP contribution in [0.2, 0.25) is 0 Å². The van der Waals surface area contributed by atoms with E-state index in [9.17, 15) is 0 Å². The molecule has 0 amide bonds. The lowest BCUT2D eigenvalue weighted by Gasteiger charge is -2.31. The number of aromatic nitrogens is 1. The van der Waals surface area contributed by atoms with Crippen molar-refractivity contribution < 1.29 is 0 Å². The SMILES string of the molecule is Cc1ncc(CC2CC(Cl)CCC2C)s1. The molecule has 1 aliphatic carbocycles. The Kier molecular flexibility index (Phi) is 3.68. The van der Waals surface area contributed by atoms with Gasteiger partial charge in [-0.15, -0.1) is 22.9 Å². The van der Waals surface area contributed by atoms with E-state index < -0.39 is 0 Å². The summed E-state index contributed by atoms with van der Waals surface area (Å²) in [5.41, 5.74) is 0. The molecule has 1 heterocycles. The Labute approximate surface area is 101 Å². The zero-order chi connectivity index (χ0) is 10.8. The van der Waals surface area contributed by atoms with Crippen LogP contribution in [0, 0.1) is 18.8 Å². The van der Waals surface area contributed by atoms with E-state index in [0.29, 0.717) is 5.38 Å². The molecule has 3 unspecified atom stereocenters. The first-order chi connectivity index (χ1) is 7.15. The number of hydrogen-bond acceptors (Lipinski definition) is 2. The van der Waals surface area contributed by atoms with E-state index in [1.54, 1.807) is 0 Å². The molecule has 0 spiro atoms. The van der Waals surface area contributed by atoms with Crippen molar-refractivity contribution in [1.29, 1.82) is 0 Å².